The second-order valence-corrected chi connectivity index (χ2v) is 16.8. The Morgan fingerprint density at radius 2 is 1.09 bits per heavy atom. The lowest BCUT2D eigenvalue weighted by atomic mass is 9.96. The van der Waals surface area contributed by atoms with Gasteiger partial charge < -0.3 is 83.5 Å². The van der Waals surface area contributed by atoms with Gasteiger partial charge in [-0.05, 0) is 47.0 Å². The molecule has 6 saturated heterocycles. The smallest absolute Gasteiger partial charge is 0.306 e. The minimum atomic E-state index is -1.78. The molecule has 0 aromatic carbocycles. The van der Waals surface area contributed by atoms with Crippen LogP contribution in [0.4, 0.5) is 0 Å². The molecule has 18 nitrogen and oxygen atoms in total. The van der Waals surface area contributed by atoms with Crippen molar-refractivity contribution in [3.63, 3.8) is 0 Å². The van der Waals surface area contributed by atoms with Gasteiger partial charge in [0.15, 0.2) is 31.3 Å². The summed E-state index contributed by atoms with van der Waals surface area (Å²) in [4.78, 5) is 13.3. The van der Waals surface area contributed by atoms with Crippen molar-refractivity contribution in [2.45, 2.75) is 247 Å². The van der Waals surface area contributed by atoms with Gasteiger partial charge in [0.1, 0.15) is 67.1 Å². The number of fused-ring (bicyclic) bond motifs is 14. The van der Waals surface area contributed by atoms with Gasteiger partial charge in [-0.3, -0.25) is 4.79 Å². The summed E-state index contributed by atoms with van der Waals surface area (Å²) in [6.45, 7) is 8.33. The number of unbranched alkanes of at least 4 members (excludes halogenated alkanes) is 2. The molecule has 338 valence electrons. The van der Waals surface area contributed by atoms with Crippen LogP contribution in [0.3, 0.4) is 0 Å². The Labute approximate surface area is 340 Å². The van der Waals surface area contributed by atoms with Crippen molar-refractivity contribution in [1.29, 1.82) is 0 Å². The van der Waals surface area contributed by atoms with E-state index in [1.54, 1.807) is 13.8 Å². The predicted octanol–water partition coefficient (Wildman–Crippen LogP) is 0.410. The fourth-order valence-electron chi connectivity index (χ4n) is 8.45. The summed E-state index contributed by atoms with van der Waals surface area (Å²) in [5, 5.41) is 87.5. The fourth-order valence-corrected chi connectivity index (χ4v) is 8.45. The maximum Gasteiger partial charge on any atom is 0.306 e. The zero-order valence-corrected chi connectivity index (χ0v) is 34.5. The van der Waals surface area contributed by atoms with Crippen LogP contribution in [-0.4, -0.2) is 176 Å². The highest BCUT2D eigenvalue weighted by molar-refractivity contribution is 5.69. The predicted molar refractivity (Wildman–Crippen MR) is 200 cm³/mol. The number of carbonyl (C=O) groups is 1. The monoisotopic (exact) mass is 838 g/mol. The van der Waals surface area contributed by atoms with Crippen LogP contribution in [0.5, 0.6) is 0 Å². The molecule has 0 aliphatic carbocycles. The normalized spacial score (nSPS) is 48.2. The molecule has 18 heteroatoms. The van der Waals surface area contributed by atoms with Crippen LogP contribution in [0, 0.1) is 0 Å². The van der Waals surface area contributed by atoms with Crippen molar-refractivity contribution in [2.75, 3.05) is 0 Å². The quantitative estimate of drug-likeness (QED) is 0.122. The van der Waals surface area contributed by atoms with Gasteiger partial charge in [-0.2, -0.15) is 0 Å². The summed E-state index contributed by atoms with van der Waals surface area (Å²) in [6.07, 6.45) is -16.6. The third-order valence-electron chi connectivity index (χ3n) is 12.1. The Hall–Kier alpha value is -1.17. The molecule has 6 aliphatic rings. The summed E-state index contributed by atoms with van der Waals surface area (Å²) in [6, 6.07) is 0. The summed E-state index contributed by atoms with van der Waals surface area (Å²) >= 11 is 0. The Morgan fingerprint density at radius 3 is 1.78 bits per heavy atom. The maximum absolute atomic E-state index is 13.3. The fraction of sp³-hybridized carbons (Fsp3) is 0.975. The van der Waals surface area contributed by atoms with Gasteiger partial charge in [0, 0.05) is 6.42 Å². The standard InChI is InChI=1S/C40H70O18/c1-6-7-13-16-23-17-14-11-9-8-10-12-15-18-24(41)55-36-32(49)40(57-34-20(3)51-37(54-23)30(47)27(34)44)53-22(5)35(36)58-39-31(48)28(45)33(21(4)52-39)56-38-29(46)26(43)25(42)19(2)50-38/h19-23,25-40,42-49H,6-18H2,1-5H3/t19-,20-,21-,22-,23-,25-,26+,27-,28-,29+,30+,31+,32+,33-,34-,35-,36-,37-,38-,39-,40-/m0/s1. The van der Waals surface area contributed by atoms with Crippen LogP contribution in [0.1, 0.15) is 118 Å². The minimum Gasteiger partial charge on any atom is -0.456 e. The number of hydrogen-bond acceptors (Lipinski definition) is 18. The van der Waals surface area contributed by atoms with E-state index < -0.39 is 129 Å². The molecule has 0 amide bonds. The molecule has 0 unspecified atom stereocenters. The first-order chi connectivity index (χ1) is 27.6. The molecule has 6 fully saturated rings. The summed E-state index contributed by atoms with van der Waals surface area (Å²) in [5.41, 5.74) is 0. The van der Waals surface area contributed by atoms with Crippen molar-refractivity contribution in [2.24, 2.45) is 0 Å². The van der Waals surface area contributed by atoms with E-state index in [2.05, 4.69) is 6.92 Å². The topological polar surface area (TPSA) is 262 Å². The molecule has 6 rings (SSSR count). The lowest BCUT2D eigenvalue weighted by Gasteiger charge is -2.49. The number of aliphatic hydroxyl groups is 8. The Kier molecular flexibility index (Phi) is 18.4. The second-order valence-electron chi connectivity index (χ2n) is 16.8. The van der Waals surface area contributed by atoms with Gasteiger partial charge >= 0.3 is 5.97 Å². The van der Waals surface area contributed by atoms with E-state index in [-0.39, 0.29) is 12.5 Å². The average Bonchev–Trinajstić information content (AvgIpc) is 3.18. The number of aliphatic hydroxyl groups excluding tert-OH is 8. The van der Waals surface area contributed by atoms with Gasteiger partial charge in [-0.15, -0.1) is 0 Å². The average molecular weight is 839 g/mol. The first-order valence-corrected chi connectivity index (χ1v) is 21.5. The molecule has 6 aliphatic heterocycles. The van der Waals surface area contributed by atoms with Gasteiger partial charge in [0.05, 0.1) is 30.5 Å². The van der Waals surface area contributed by atoms with Gasteiger partial charge in [0.25, 0.3) is 0 Å². The van der Waals surface area contributed by atoms with E-state index in [4.69, 9.17) is 42.6 Å². The highest BCUT2D eigenvalue weighted by atomic mass is 16.8. The molecule has 21 atom stereocenters. The third-order valence-corrected chi connectivity index (χ3v) is 12.1. The van der Waals surface area contributed by atoms with Crippen LogP contribution in [0.25, 0.3) is 0 Å². The summed E-state index contributed by atoms with van der Waals surface area (Å²) in [7, 11) is 0. The lowest BCUT2D eigenvalue weighted by Crippen LogP contribution is -2.66. The van der Waals surface area contributed by atoms with E-state index >= 15 is 0 Å². The largest absolute Gasteiger partial charge is 0.456 e. The van der Waals surface area contributed by atoms with Crippen LogP contribution in [0.15, 0.2) is 0 Å². The van der Waals surface area contributed by atoms with Crippen molar-refractivity contribution in [3.05, 3.63) is 0 Å². The SMILES string of the molecule is CCCCC[C@H]1CCCCCCCCCC(=O)O[C@H]2[C@@H](O)[C@H](O[C@@H]3[C@@H](O)[C@@H](O)[C@H](O1)O[C@H]3C)O[C@@H](C)[C@@H]2O[C@@H]1O[C@@H](C)[C@H](O[C@@H]2O[C@@H](C)[C@H](O)[C@@H](O)[C@H]2O)[C@@H](O)[C@H]1O. The second kappa shape index (κ2) is 22.3. The molecule has 8 N–H and O–H groups in total. The van der Waals surface area contributed by atoms with Crippen LogP contribution in [0.2, 0.25) is 0 Å². The zero-order chi connectivity index (χ0) is 42.3. The van der Waals surface area contributed by atoms with Crippen molar-refractivity contribution in [1.82, 2.24) is 0 Å². The first-order valence-electron chi connectivity index (χ1n) is 21.5. The first kappa shape index (κ1) is 47.9. The van der Waals surface area contributed by atoms with Gasteiger partial charge in [0.2, 0.25) is 0 Å². The number of hydrogen-bond donors (Lipinski definition) is 8. The maximum atomic E-state index is 13.3. The highest BCUT2D eigenvalue weighted by Crippen LogP contribution is 2.36. The third kappa shape index (κ3) is 11.8. The van der Waals surface area contributed by atoms with E-state index in [0.29, 0.717) is 6.42 Å². The molecule has 0 aromatic heterocycles. The van der Waals surface area contributed by atoms with Gasteiger partial charge in [-0.1, -0.05) is 64.7 Å². The Bertz CT molecular complexity index is 1230. The molecule has 58 heavy (non-hydrogen) atoms. The molecular weight excluding hydrogens is 768 g/mol. The van der Waals surface area contributed by atoms with E-state index in [1.165, 1.54) is 13.8 Å². The molecule has 0 aromatic rings. The zero-order valence-electron chi connectivity index (χ0n) is 34.5. The number of esters is 1. The molecule has 0 spiro atoms. The molecular formula is C40H70O18. The van der Waals surface area contributed by atoms with E-state index in [0.717, 1.165) is 70.6 Å². The lowest BCUT2D eigenvalue weighted by molar-refractivity contribution is -0.382. The van der Waals surface area contributed by atoms with E-state index in [1.807, 2.05) is 0 Å². The molecule has 4 bridgehead atoms. The molecule has 0 saturated carbocycles. The van der Waals surface area contributed by atoms with Crippen molar-refractivity contribution >= 4 is 5.97 Å². The highest BCUT2D eigenvalue weighted by Gasteiger charge is 2.55. The molecule has 0 radical (unpaired) electrons. The summed E-state index contributed by atoms with van der Waals surface area (Å²) in [5.74, 6) is -0.616. The number of carbonyl (C=O) groups excluding carboxylic acids is 1. The number of ether oxygens (including phenoxy) is 9. The Morgan fingerprint density at radius 1 is 0.517 bits per heavy atom. The van der Waals surface area contributed by atoms with Crippen LogP contribution in [-0.2, 0) is 47.4 Å². The van der Waals surface area contributed by atoms with Crippen LogP contribution >= 0.6 is 0 Å². The van der Waals surface area contributed by atoms with Gasteiger partial charge in [-0.25, -0.2) is 0 Å². The Balaban J connectivity index is 1.30. The minimum absolute atomic E-state index is 0.0595. The summed E-state index contributed by atoms with van der Waals surface area (Å²) < 4.78 is 53.8. The molecule has 6 heterocycles. The van der Waals surface area contributed by atoms with E-state index in [9.17, 15) is 45.6 Å². The number of rotatable bonds is 8. The van der Waals surface area contributed by atoms with Crippen molar-refractivity contribution < 1.29 is 88.3 Å². The van der Waals surface area contributed by atoms with Crippen molar-refractivity contribution in [3.8, 4) is 0 Å². The van der Waals surface area contributed by atoms with Crippen LogP contribution < -0.4 is 0 Å².